The van der Waals surface area contributed by atoms with Gasteiger partial charge in [-0.15, -0.1) is 0 Å². The van der Waals surface area contributed by atoms with Crippen LogP contribution in [0, 0.1) is 0 Å². The topological polar surface area (TPSA) is 55.8 Å². The zero-order valence-corrected chi connectivity index (χ0v) is 9.85. The van der Waals surface area contributed by atoms with E-state index in [-0.39, 0.29) is 12.0 Å². The molecule has 92 valence electrons. The van der Waals surface area contributed by atoms with Crippen molar-refractivity contribution >= 4 is 5.91 Å². The van der Waals surface area contributed by atoms with E-state index in [0.717, 1.165) is 45.7 Å². The number of rotatable bonds is 2. The van der Waals surface area contributed by atoms with E-state index < -0.39 is 0 Å². The highest BCUT2D eigenvalue weighted by Crippen LogP contribution is 2.10. The first-order chi connectivity index (χ1) is 7.65. The molecule has 0 spiro atoms. The highest BCUT2D eigenvalue weighted by Gasteiger charge is 2.26. The van der Waals surface area contributed by atoms with Gasteiger partial charge in [0, 0.05) is 52.2 Å². The average molecular weight is 227 g/mol. The van der Waals surface area contributed by atoms with Crippen molar-refractivity contribution in [2.75, 3.05) is 39.3 Å². The van der Waals surface area contributed by atoms with Crippen LogP contribution in [0.1, 0.15) is 13.3 Å². The van der Waals surface area contributed by atoms with Crippen LogP contribution in [-0.2, 0) is 4.79 Å². The third-order valence-electron chi connectivity index (χ3n) is 3.43. The first kappa shape index (κ1) is 11.8. The Kier molecular flexibility index (Phi) is 3.78. The molecule has 0 bridgehead atoms. The molecule has 0 aliphatic carbocycles. The van der Waals surface area contributed by atoms with E-state index in [2.05, 4.69) is 10.2 Å². The maximum absolute atomic E-state index is 11.3. The van der Waals surface area contributed by atoms with Gasteiger partial charge in [0.25, 0.3) is 0 Å². The molecule has 5 heteroatoms. The lowest BCUT2D eigenvalue weighted by Gasteiger charge is -2.35. The number of hydrogen-bond donors (Lipinski definition) is 2. The number of likely N-dealkylation sites (tertiary alicyclic amines) is 1. The molecule has 0 aromatic rings. The number of amides is 1. The second kappa shape index (κ2) is 5.12. The fourth-order valence-corrected chi connectivity index (χ4v) is 2.52. The zero-order chi connectivity index (χ0) is 11.5. The molecule has 16 heavy (non-hydrogen) atoms. The van der Waals surface area contributed by atoms with Gasteiger partial charge in [0.2, 0.25) is 5.91 Å². The highest BCUT2D eigenvalue weighted by atomic mass is 16.3. The lowest BCUT2D eigenvalue weighted by atomic mass is 10.2. The minimum atomic E-state index is -0.160. The maximum Gasteiger partial charge on any atom is 0.219 e. The fourth-order valence-electron chi connectivity index (χ4n) is 2.52. The standard InChI is InChI=1S/C11H21N3O2/c1-9(15)14-5-3-12-10(7-14)6-13-4-2-11(16)8-13/h10-12,16H,2-8H2,1H3/t10?,11-/m1/s1. The molecule has 0 aromatic carbocycles. The van der Waals surface area contributed by atoms with Gasteiger partial charge in [0.1, 0.15) is 0 Å². The predicted octanol–water partition coefficient (Wildman–Crippen LogP) is -1.13. The van der Waals surface area contributed by atoms with E-state index in [4.69, 9.17) is 0 Å². The minimum absolute atomic E-state index is 0.160. The molecule has 2 aliphatic heterocycles. The quantitative estimate of drug-likeness (QED) is 0.627. The van der Waals surface area contributed by atoms with Crippen molar-refractivity contribution < 1.29 is 9.90 Å². The Bertz CT molecular complexity index is 260. The lowest BCUT2D eigenvalue weighted by molar-refractivity contribution is -0.130. The van der Waals surface area contributed by atoms with Crippen LogP contribution < -0.4 is 5.32 Å². The summed E-state index contributed by atoms with van der Waals surface area (Å²) >= 11 is 0. The highest BCUT2D eigenvalue weighted by molar-refractivity contribution is 5.73. The van der Waals surface area contributed by atoms with Crippen molar-refractivity contribution in [2.24, 2.45) is 0 Å². The molecule has 1 unspecified atom stereocenters. The van der Waals surface area contributed by atoms with Crippen LogP contribution in [0.2, 0.25) is 0 Å². The van der Waals surface area contributed by atoms with Crippen molar-refractivity contribution in [3.8, 4) is 0 Å². The van der Waals surface area contributed by atoms with E-state index in [0.29, 0.717) is 6.04 Å². The van der Waals surface area contributed by atoms with Crippen LogP contribution in [0.4, 0.5) is 0 Å². The van der Waals surface area contributed by atoms with Crippen LogP contribution in [0.25, 0.3) is 0 Å². The van der Waals surface area contributed by atoms with Gasteiger partial charge in [-0.2, -0.15) is 0 Å². The second-order valence-electron chi connectivity index (χ2n) is 4.82. The molecule has 2 atom stereocenters. The van der Waals surface area contributed by atoms with Crippen LogP contribution in [0.5, 0.6) is 0 Å². The first-order valence-electron chi connectivity index (χ1n) is 6.04. The molecule has 2 saturated heterocycles. The smallest absolute Gasteiger partial charge is 0.219 e. The van der Waals surface area contributed by atoms with Crippen molar-refractivity contribution in [3.63, 3.8) is 0 Å². The van der Waals surface area contributed by atoms with E-state index in [1.807, 2.05) is 4.90 Å². The zero-order valence-electron chi connectivity index (χ0n) is 9.85. The summed E-state index contributed by atoms with van der Waals surface area (Å²) in [6.45, 7) is 6.79. The molecule has 0 radical (unpaired) electrons. The monoisotopic (exact) mass is 227 g/mol. The number of carbonyl (C=O) groups is 1. The molecule has 1 amide bonds. The summed E-state index contributed by atoms with van der Waals surface area (Å²) < 4.78 is 0. The van der Waals surface area contributed by atoms with Gasteiger partial charge in [-0.05, 0) is 6.42 Å². The van der Waals surface area contributed by atoms with Gasteiger partial charge in [-0.1, -0.05) is 0 Å². The number of aliphatic hydroxyl groups excluding tert-OH is 1. The largest absolute Gasteiger partial charge is 0.392 e. The molecular formula is C11H21N3O2. The Morgan fingerprint density at radius 3 is 2.88 bits per heavy atom. The maximum atomic E-state index is 11.3. The molecule has 2 N–H and O–H groups in total. The number of piperazine rings is 1. The number of carbonyl (C=O) groups excluding carboxylic acids is 1. The average Bonchev–Trinajstić information content (AvgIpc) is 2.64. The van der Waals surface area contributed by atoms with E-state index in [1.54, 1.807) is 6.92 Å². The van der Waals surface area contributed by atoms with Crippen molar-refractivity contribution in [1.82, 2.24) is 15.1 Å². The molecule has 0 saturated carbocycles. The number of nitrogens with one attached hydrogen (secondary N) is 1. The SMILES string of the molecule is CC(=O)N1CCNC(CN2CC[C@@H](O)C2)C1. The van der Waals surface area contributed by atoms with Crippen molar-refractivity contribution in [3.05, 3.63) is 0 Å². The Hall–Kier alpha value is -0.650. The molecule has 2 rings (SSSR count). The van der Waals surface area contributed by atoms with Gasteiger partial charge >= 0.3 is 0 Å². The van der Waals surface area contributed by atoms with Gasteiger partial charge in [-0.3, -0.25) is 9.69 Å². The lowest BCUT2D eigenvalue weighted by Crippen LogP contribution is -2.55. The molecule has 0 aromatic heterocycles. The summed E-state index contributed by atoms with van der Waals surface area (Å²) in [6.07, 6.45) is 0.718. The Balaban J connectivity index is 1.79. The van der Waals surface area contributed by atoms with Crippen LogP contribution in [0.15, 0.2) is 0 Å². The van der Waals surface area contributed by atoms with Crippen LogP contribution in [-0.4, -0.2) is 72.2 Å². The van der Waals surface area contributed by atoms with E-state index in [9.17, 15) is 9.90 Å². The fraction of sp³-hybridized carbons (Fsp3) is 0.909. The summed E-state index contributed by atoms with van der Waals surface area (Å²) in [7, 11) is 0. The van der Waals surface area contributed by atoms with Crippen molar-refractivity contribution in [1.29, 1.82) is 0 Å². The Labute approximate surface area is 96.4 Å². The van der Waals surface area contributed by atoms with E-state index in [1.165, 1.54) is 0 Å². The Morgan fingerprint density at radius 1 is 1.44 bits per heavy atom. The number of β-amino-alcohol motifs (C(OH)–C–C–N with tert-alkyl or cyclic N) is 1. The van der Waals surface area contributed by atoms with Gasteiger partial charge in [0.05, 0.1) is 6.10 Å². The molecule has 2 heterocycles. The summed E-state index contributed by atoms with van der Waals surface area (Å²) in [4.78, 5) is 15.4. The molecule has 5 nitrogen and oxygen atoms in total. The molecular weight excluding hydrogens is 206 g/mol. The second-order valence-corrected chi connectivity index (χ2v) is 4.82. The van der Waals surface area contributed by atoms with Gasteiger partial charge in [-0.25, -0.2) is 0 Å². The van der Waals surface area contributed by atoms with Crippen LogP contribution in [0.3, 0.4) is 0 Å². The number of hydrogen-bond acceptors (Lipinski definition) is 4. The molecule has 2 aliphatic rings. The number of aliphatic hydroxyl groups is 1. The summed E-state index contributed by atoms with van der Waals surface area (Å²) in [5.41, 5.74) is 0. The van der Waals surface area contributed by atoms with Crippen LogP contribution >= 0.6 is 0 Å². The first-order valence-corrected chi connectivity index (χ1v) is 6.04. The third kappa shape index (κ3) is 2.93. The normalized spacial score (nSPS) is 32.0. The minimum Gasteiger partial charge on any atom is -0.392 e. The van der Waals surface area contributed by atoms with E-state index >= 15 is 0 Å². The summed E-state index contributed by atoms with van der Waals surface area (Å²) in [5, 5.41) is 12.9. The third-order valence-corrected chi connectivity index (χ3v) is 3.43. The van der Waals surface area contributed by atoms with Crippen molar-refractivity contribution in [2.45, 2.75) is 25.5 Å². The number of nitrogens with zero attached hydrogens (tertiary/aromatic N) is 2. The Morgan fingerprint density at radius 2 is 2.25 bits per heavy atom. The summed E-state index contributed by atoms with van der Waals surface area (Å²) in [5.74, 6) is 0.160. The predicted molar refractivity (Wildman–Crippen MR) is 61.1 cm³/mol. The molecule has 2 fully saturated rings. The summed E-state index contributed by atoms with van der Waals surface area (Å²) in [6, 6.07) is 0.350. The van der Waals surface area contributed by atoms with Gasteiger partial charge in [0.15, 0.2) is 0 Å². The van der Waals surface area contributed by atoms with Gasteiger partial charge < -0.3 is 15.3 Å².